The van der Waals surface area contributed by atoms with Crippen LogP contribution in [0.5, 0.6) is 0 Å². The van der Waals surface area contributed by atoms with Gasteiger partial charge >= 0.3 is 11.9 Å². The monoisotopic (exact) mass is 429 g/mol. The molecule has 0 bridgehead atoms. The summed E-state index contributed by atoms with van der Waals surface area (Å²) in [7, 11) is 1.19. The molecule has 1 aliphatic heterocycles. The molecule has 0 N–H and O–H groups in total. The molecule has 1 aromatic carbocycles. The summed E-state index contributed by atoms with van der Waals surface area (Å²) in [5.74, 6) is -0.764. The molecular formula is C21H19NO7S. The quantitative estimate of drug-likeness (QED) is 0.506. The number of carbonyl (C=O) groups excluding carboxylic acids is 4. The third-order valence-electron chi connectivity index (χ3n) is 4.33. The van der Waals surface area contributed by atoms with Crippen molar-refractivity contribution in [3.05, 3.63) is 52.6 Å². The van der Waals surface area contributed by atoms with E-state index in [0.717, 1.165) is 22.2 Å². The van der Waals surface area contributed by atoms with Crippen LogP contribution >= 0.6 is 11.8 Å². The summed E-state index contributed by atoms with van der Waals surface area (Å²) in [5, 5.41) is -0.550. The molecule has 1 aromatic heterocycles. The molecule has 8 nitrogen and oxygen atoms in total. The van der Waals surface area contributed by atoms with E-state index >= 15 is 0 Å². The average Bonchev–Trinajstić information content (AvgIpc) is 3.31. The highest BCUT2D eigenvalue weighted by Gasteiger charge is 2.41. The molecular weight excluding hydrogens is 410 g/mol. The van der Waals surface area contributed by atoms with Crippen LogP contribution in [-0.4, -0.2) is 47.7 Å². The molecule has 0 unspecified atom stereocenters. The molecule has 0 radical (unpaired) electrons. The first-order valence-corrected chi connectivity index (χ1v) is 9.89. The highest BCUT2D eigenvalue weighted by molar-refractivity contribution is 8.18. The number of nitrogens with zero attached hydrogens (tertiary/aromatic N) is 1. The smallest absolute Gasteiger partial charge is 0.338 e. The van der Waals surface area contributed by atoms with Gasteiger partial charge in [0.25, 0.3) is 11.1 Å². The number of rotatable bonds is 6. The topological polar surface area (TPSA) is 103 Å². The van der Waals surface area contributed by atoms with Crippen molar-refractivity contribution < 1.29 is 33.1 Å². The molecule has 2 amide bonds. The molecule has 1 fully saturated rings. The summed E-state index contributed by atoms with van der Waals surface area (Å²) >= 11 is 0.727. The van der Waals surface area contributed by atoms with Crippen molar-refractivity contribution in [1.82, 2.24) is 4.90 Å². The maximum atomic E-state index is 12.5. The van der Waals surface area contributed by atoms with E-state index in [9.17, 15) is 19.2 Å². The molecule has 0 aliphatic carbocycles. The fraction of sp³-hybridized carbons (Fsp3) is 0.238. The first kappa shape index (κ1) is 21.4. The zero-order chi connectivity index (χ0) is 21.8. The Labute approximate surface area is 176 Å². The van der Waals surface area contributed by atoms with Crippen LogP contribution in [0.3, 0.4) is 0 Å². The van der Waals surface area contributed by atoms with Gasteiger partial charge in [-0.1, -0.05) is 12.1 Å². The summed E-state index contributed by atoms with van der Waals surface area (Å²) in [6.07, 6.45) is 1.45. The van der Waals surface area contributed by atoms with Gasteiger partial charge in [-0.15, -0.1) is 0 Å². The fourth-order valence-corrected chi connectivity index (χ4v) is 3.68. The number of furan rings is 1. The van der Waals surface area contributed by atoms with Crippen LogP contribution in [-0.2, 0) is 19.1 Å². The van der Waals surface area contributed by atoms with Gasteiger partial charge in [-0.3, -0.25) is 14.5 Å². The lowest BCUT2D eigenvalue weighted by atomic mass is 10.1. The van der Waals surface area contributed by atoms with Gasteiger partial charge in [0.15, 0.2) is 0 Å². The van der Waals surface area contributed by atoms with E-state index in [1.54, 1.807) is 43.3 Å². The maximum Gasteiger partial charge on any atom is 0.338 e. The normalized spacial score (nSPS) is 16.1. The van der Waals surface area contributed by atoms with Crippen molar-refractivity contribution in [1.29, 1.82) is 0 Å². The summed E-state index contributed by atoms with van der Waals surface area (Å²) in [6, 6.07) is 9.07. The number of hydrogen-bond donors (Lipinski definition) is 0. The highest BCUT2D eigenvalue weighted by atomic mass is 32.2. The van der Waals surface area contributed by atoms with Gasteiger partial charge < -0.3 is 13.9 Å². The Bertz CT molecular complexity index is 1020. The molecule has 0 saturated carbocycles. The molecule has 1 saturated heterocycles. The predicted molar refractivity (Wildman–Crippen MR) is 109 cm³/mol. The molecule has 1 aliphatic rings. The van der Waals surface area contributed by atoms with Crippen LogP contribution in [0.25, 0.3) is 17.4 Å². The van der Waals surface area contributed by atoms with Crippen molar-refractivity contribution in [2.75, 3.05) is 13.7 Å². The minimum absolute atomic E-state index is 0.148. The van der Waals surface area contributed by atoms with E-state index in [4.69, 9.17) is 9.15 Å². The minimum Gasteiger partial charge on any atom is -0.467 e. The second-order valence-electron chi connectivity index (χ2n) is 6.25. The Balaban J connectivity index is 1.77. The van der Waals surface area contributed by atoms with Gasteiger partial charge in [-0.05, 0) is 49.9 Å². The molecule has 2 heterocycles. The second kappa shape index (κ2) is 9.00. The first-order chi connectivity index (χ1) is 14.3. The van der Waals surface area contributed by atoms with E-state index in [1.165, 1.54) is 20.1 Å². The number of amides is 2. The van der Waals surface area contributed by atoms with Gasteiger partial charge in [0, 0.05) is 11.6 Å². The number of benzene rings is 1. The van der Waals surface area contributed by atoms with Crippen molar-refractivity contribution in [2.24, 2.45) is 0 Å². The van der Waals surface area contributed by atoms with Crippen molar-refractivity contribution in [3.8, 4) is 11.3 Å². The molecule has 0 spiro atoms. The van der Waals surface area contributed by atoms with Crippen LogP contribution in [0.15, 0.2) is 45.7 Å². The molecule has 9 heteroatoms. The Morgan fingerprint density at radius 1 is 1.17 bits per heavy atom. The van der Waals surface area contributed by atoms with Crippen LogP contribution < -0.4 is 0 Å². The van der Waals surface area contributed by atoms with Gasteiger partial charge in [-0.25, -0.2) is 9.59 Å². The maximum absolute atomic E-state index is 12.5. The third kappa shape index (κ3) is 4.30. The van der Waals surface area contributed by atoms with E-state index in [0.29, 0.717) is 23.7 Å². The second-order valence-corrected chi connectivity index (χ2v) is 7.24. The molecule has 1 atom stereocenters. The standard InChI is InChI=1S/C21H19NO7S/c1-4-28-20(25)14-7-5-13(6-8-14)16-10-9-15(29-16)11-17-18(23)22(21(26)30-17)12(2)19(24)27-3/h5-12H,4H2,1-3H3/b17-11+/t12-/m0/s1. The zero-order valence-electron chi connectivity index (χ0n) is 16.5. The average molecular weight is 429 g/mol. The largest absolute Gasteiger partial charge is 0.467 e. The van der Waals surface area contributed by atoms with Crippen LogP contribution in [0.4, 0.5) is 4.79 Å². The number of esters is 2. The Morgan fingerprint density at radius 2 is 1.87 bits per heavy atom. The molecule has 3 rings (SSSR count). The van der Waals surface area contributed by atoms with Gasteiger partial charge in [0.1, 0.15) is 17.6 Å². The summed E-state index contributed by atoms with van der Waals surface area (Å²) in [6.45, 7) is 3.46. The fourth-order valence-electron chi connectivity index (χ4n) is 2.79. The van der Waals surface area contributed by atoms with Crippen molar-refractivity contribution in [3.63, 3.8) is 0 Å². The number of ether oxygens (including phenoxy) is 2. The lowest BCUT2D eigenvalue weighted by molar-refractivity contribution is -0.148. The molecule has 156 valence electrons. The van der Waals surface area contributed by atoms with E-state index in [-0.39, 0.29) is 4.91 Å². The lowest BCUT2D eigenvalue weighted by Crippen LogP contribution is -2.42. The summed E-state index contributed by atoms with van der Waals surface area (Å²) in [5.41, 5.74) is 1.16. The number of hydrogen-bond acceptors (Lipinski definition) is 8. The first-order valence-electron chi connectivity index (χ1n) is 9.08. The lowest BCUT2D eigenvalue weighted by Gasteiger charge is -2.18. The number of thioether (sulfide) groups is 1. The summed E-state index contributed by atoms with van der Waals surface area (Å²) < 4.78 is 15.3. The predicted octanol–water partition coefficient (Wildman–Crippen LogP) is 3.72. The SMILES string of the molecule is CCOC(=O)c1ccc(-c2ccc(/C=C3/SC(=O)N([C@@H](C)C(=O)OC)C3=O)o2)cc1. The van der Waals surface area contributed by atoms with Crippen molar-refractivity contribution >= 4 is 40.9 Å². The third-order valence-corrected chi connectivity index (χ3v) is 5.22. The number of carbonyl (C=O) groups is 4. The van der Waals surface area contributed by atoms with E-state index < -0.39 is 29.1 Å². The Morgan fingerprint density at radius 3 is 2.50 bits per heavy atom. The van der Waals surface area contributed by atoms with Gasteiger partial charge in [0.05, 0.1) is 24.2 Å². The minimum atomic E-state index is -1.02. The van der Waals surface area contributed by atoms with Crippen LogP contribution in [0.1, 0.15) is 30.0 Å². The highest BCUT2D eigenvalue weighted by Crippen LogP contribution is 2.34. The zero-order valence-corrected chi connectivity index (χ0v) is 17.4. The Hall–Kier alpha value is -3.33. The van der Waals surface area contributed by atoms with Crippen LogP contribution in [0.2, 0.25) is 0 Å². The molecule has 2 aromatic rings. The van der Waals surface area contributed by atoms with E-state index in [1.807, 2.05) is 0 Å². The Kier molecular flexibility index (Phi) is 6.41. The van der Waals surface area contributed by atoms with E-state index in [2.05, 4.69) is 4.74 Å². The number of imide groups is 1. The molecule has 30 heavy (non-hydrogen) atoms. The van der Waals surface area contributed by atoms with Gasteiger partial charge in [0.2, 0.25) is 0 Å². The van der Waals surface area contributed by atoms with Gasteiger partial charge in [-0.2, -0.15) is 0 Å². The number of methoxy groups -OCH3 is 1. The van der Waals surface area contributed by atoms with Crippen LogP contribution in [0, 0.1) is 0 Å². The summed E-state index contributed by atoms with van der Waals surface area (Å²) in [4.78, 5) is 49.1. The van der Waals surface area contributed by atoms with Crippen molar-refractivity contribution in [2.45, 2.75) is 19.9 Å².